The third-order valence-corrected chi connectivity index (χ3v) is 3.89. The second kappa shape index (κ2) is 7.43. The predicted molar refractivity (Wildman–Crippen MR) is 73.4 cm³/mol. The van der Waals surface area contributed by atoms with E-state index in [-0.39, 0.29) is 18.4 Å². The highest BCUT2D eigenvalue weighted by Gasteiger charge is 2.45. The Morgan fingerprint density at radius 3 is 2.45 bits per heavy atom. The molecule has 20 heavy (non-hydrogen) atoms. The highest BCUT2D eigenvalue weighted by Crippen LogP contribution is 2.40. The Morgan fingerprint density at radius 1 is 1.40 bits per heavy atom. The van der Waals surface area contributed by atoms with Crippen LogP contribution < -0.4 is 11.1 Å². The van der Waals surface area contributed by atoms with Crippen molar-refractivity contribution in [3.05, 3.63) is 12.2 Å². The van der Waals surface area contributed by atoms with Crippen molar-refractivity contribution in [1.82, 2.24) is 5.32 Å². The van der Waals surface area contributed by atoms with Gasteiger partial charge in [0.25, 0.3) is 0 Å². The normalized spacial score (nSPS) is 27.6. The fourth-order valence-corrected chi connectivity index (χ4v) is 2.59. The Morgan fingerprint density at radius 2 is 2.00 bits per heavy atom. The Balaban J connectivity index is 2.33. The first kappa shape index (κ1) is 17.5. The number of nitrogens with two attached hydrogens (primary N) is 1. The minimum absolute atomic E-state index is 0.153. The predicted octanol–water partition coefficient (Wildman–Crippen LogP) is 2.62. The first-order chi connectivity index (χ1) is 9.29. The van der Waals surface area contributed by atoms with Crippen molar-refractivity contribution in [2.24, 2.45) is 11.7 Å². The van der Waals surface area contributed by atoms with E-state index in [2.05, 4.69) is 11.9 Å². The lowest BCUT2D eigenvalue weighted by Crippen LogP contribution is -2.55. The maximum Gasteiger partial charge on any atom is 0.391 e. The van der Waals surface area contributed by atoms with Crippen molar-refractivity contribution in [3.63, 3.8) is 0 Å². The molecule has 0 aromatic heterocycles. The molecule has 1 aliphatic carbocycles. The number of halogens is 3. The number of hydrogen-bond donors (Lipinski definition) is 2. The van der Waals surface area contributed by atoms with Crippen molar-refractivity contribution in [2.45, 2.75) is 44.3 Å². The van der Waals surface area contributed by atoms with E-state index in [1.165, 1.54) is 0 Å². The lowest BCUT2D eigenvalue weighted by atomic mass is 9.76. The van der Waals surface area contributed by atoms with E-state index in [1.807, 2.05) is 6.92 Å². The fourth-order valence-electron chi connectivity index (χ4n) is 2.59. The standard InChI is InChI=1S/C14H25F3N2O/c1-11(2)9-20-8-7-19-13(10-18)5-3-12(4-6-13)14(15,16)17/h12,19H,1,3-10,18H2,2H3. The summed E-state index contributed by atoms with van der Waals surface area (Å²) in [5.74, 6) is -1.18. The van der Waals surface area contributed by atoms with Crippen molar-refractivity contribution in [2.75, 3.05) is 26.3 Å². The molecular formula is C14H25F3N2O. The summed E-state index contributed by atoms with van der Waals surface area (Å²) in [7, 11) is 0. The molecule has 0 bridgehead atoms. The number of alkyl halides is 3. The summed E-state index contributed by atoms with van der Waals surface area (Å²) in [5, 5.41) is 3.28. The van der Waals surface area contributed by atoms with Crippen LogP contribution >= 0.6 is 0 Å². The van der Waals surface area contributed by atoms with Gasteiger partial charge >= 0.3 is 6.18 Å². The maximum absolute atomic E-state index is 12.6. The average molecular weight is 294 g/mol. The van der Waals surface area contributed by atoms with Gasteiger partial charge in [-0.25, -0.2) is 0 Å². The van der Waals surface area contributed by atoms with Crippen LogP contribution in [0.25, 0.3) is 0 Å². The van der Waals surface area contributed by atoms with Gasteiger partial charge in [-0.2, -0.15) is 13.2 Å². The molecule has 0 atom stereocenters. The quantitative estimate of drug-likeness (QED) is 0.560. The van der Waals surface area contributed by atoms with Crippen LogP contribution in [0, 0.1) is 5.92 Å². The lowest BCUT2D eigenvalue weighted by Gasteiger charge is -2.40. The maximum atomic E-state index is 12.6. The molecule has 1 aliphatic rings. The van der Waals surface area contributed by atoms with E-state index in [0.29, 0.717) is 39.1 Å². The molecule has 0 amide bonds. The third-order valence-electron chi connectivity index (χ3n) is 3.89. The van der Waals surface area contributed by atoms with E-state index in [0.717, 1.165) is 5.57 Å². The smallest absolute Gasteiger partial charge is 0.376 e. The second-order valence-electron chi connectivity index (χ2n) is 5.74. The van der Waals surface area contributed by atoms with E-state index in [9.17, 15) is 13.2 Å². The second-order valence-corrected chi connectivity index (χ2v) is 5.74. The Bertz CT molecular complexity index is 310. The van der Waals surface area contributed by atoms with Gasteiger partial charge in [0.1, 0.15) is 0 Å². The van der Waals surface area contributed by atoms with E-state index >= 15 is 0 Å². The highest BCUT2D eigenvalue weighted by molar-refractivity contribution is 4.95. The summed E-state index contributed by atoms with van der Waals surface area (Å²) < 4.78 is 43.3. The van der Waals surface area contributed by atoms with E-state index in [1.54, 1.807) is 0 Å². The van der Waals surface area contributed by atoms with Crippen LogP contribution in [0.15, 0.2) is 12.2 Å². The molecule has 118 valence electrons. The zero-order valence-electron chi connectivity index (χ0n) is 12.1. The number of ether oxygens (including phenoxy) is 1. The van der Waals surface area contributed by atoms with Gasteiger partial charge in [-0.3, -0.25) is 0 Å². The third kappa shape index (κ3) is 5.42. The topological polar surface area (TPSA) is 47.3 Å². The molecule has 3 nitrogen and oxygen atoms in total. The minimum Gasteiger partial charge on any atom is -0.376 e. The van der Waals surface area contributed by atoms with Crippen LogP contribution in [-0.2, 0) is 4.74 Å². The van der Waals surface area contributed by atoms with E-state index in [4.69, 9.17) is 10.5 Å². The first-order valence-electron chi connectivity index (χ1n) is 7.03. The molecule has 1 fully saturated rings. The molecule has 0 saturated heterocycles. The minimum atomic E-state index is -4.08. The molecular weight excluding hydrogens is 269 g/mol. The average Bonchev–Trinajstić information content (AvgIpc) is 2.37. The van der Waals surface area contributed by atoms with Gasteiger partial charge in [0, 0.05) is 18.6 Å². The highest BCUT2D eigenvalue weighted by atomic mass is 19.4. The molecule has 0 unspecified atom stereocenters. The Hall–Kier alpha value is -0.590. The largest absolute Gasteiger partial charge is 0.391 e. The fraction of sp³-hybridized carbons (Fsp3) is 0.857. The van der Waals surface area contributed by atoms with Crippen molar-refractivity contribution < 1.29 is 17.9 Å². The molecule has 1 saturated carbocycles. The van der Waals surface area contributed by atoms with Crippen LogP contribution in [0.5, 0.6) is 0 Å². The van der Waals surface area contributed by atoms with Crippen LogP contribution in [0.2, 0.25) is 0 Å². The first-order valence-corrected chi connectivity index (χ1v) is 7.03. The van der Waals surface area contributed by atoms with E-state index < -0.39 is 12.1 Å². The van der Waals surface area contributed by atoms with Gasteiger partial charge in [-0.05, 0) is 32.6 Å². The van der Waals surface area contributed by atoms with Crippen molar-refractivity contribution in [3.8, 4) is 0 Å². The summed E-state index contributed by atoms with van der Waals surface area (Å²) in [6.07, 6.45) is -2.84. The zero-order valence-corrected chi connectivity index (χ0v) is 12.1. The molecule has 0 spiro atoms. The molecule has 0 radical (unpaired) electrons. The number of hydrogen-bond acceptors (Lipinski definition) is 3. The SMILES string of the molecule is C=C(C)COCCNC1(CN)CCC(C(F)(F)F)CC1. The molecule has 6 heteroatoms. The Labute approximate surface area is 118 Å². The van der Waals surface area contributed by atoms with Crippen LogP contribution in [0.3, 0.4) is 0 Å². The van der Waals surface area contributed by atoms with Crippen LogP contribution in [0.4, 0.5) is 13.2 Å². The Kier molecular flexibility index (Phi) is 6.48. The van der Waals surface area contributed by atoms with Crippen LogP contribution in [0.1, 0.15) is 32.6 Å². The van der Waals surface area contributed by atoms with Gasteiger partial charge in [0.15, 0.2) is 0 Å². The molecule has 0 aromatic rings. The summed E-state index contributed by atoms with van der Waals surface area (Å²) in [4.78, 5) is 0. The van der Waals surface area contributed by atoms with Gasteiger partial charge in [-0.1, -0.05) is 12.2 Å². The monoisotopic (exact) mass is 294 g/mol. The number of rotatable bonds is 7. The molecule has 0 aliphatic heterocycles. The summed E-state index contributed by atoms with van der Waals surface area (Å²) in [5.41, 5.74) is 6.34. The molecule has 0 heterocycles. The van der Waals surface area contributed by atoms with Crippen molar-refractivity contribution >= 4 is 0 Å². The number of nitrogens with one attached hydrogen (secondary N) is 1. The zero-order chi connectivity index (χ0) is 15.2. The molecule has 0 aromatic carbocycles. The summed E-state index contributed by atoms with van der Waals surface area (Å²) in [6.45, 7) is 7.59. The van der Waals surface area contributed by atoms with Gasteiger partial charge in [0.05, 0.1) is 19.1 Å². The summed E-state index contributed by atoms with van der Waals surface area (Å²) in [6, 6.07) is 0. The lowest BCUT2D eigenvalue weighted by molar-refractivity contribution is -0.185. The van der Waals surface area contributed by atoms with Gasteiger partial charge in [-0.15, -0.1) is 0 Å². The molecule has 3 N–H and O–H groups in total. The summed E-state index contributed by atoms with van der Waals surface area (Å²) >= 11 is 0. The van der Waals surface area contributed by atoms with Gasteiger partial charge in [0.2, 0.25) is 0 Å². The van der Waals surface area contributed by atoms with Gasteiger partial charge < -0.3 is 15.8 Å². The molecule has 1 rings (SSSR count). The van der Waals surface area contributed by atoms with Crippen LogP contribution in [-0.4, -0.2) is 38.0 Å². The van der Waals surface area contributed by atoms with Crippen molar-refractivity contribution in [1.29, 1.82) is 0 Å².